The van der Waals surface area contributed by atoms with E-state index in [2.05, 4.69) is 31.2 Å². The molecule has 2 aliphatic rings. The molecule has 1 spiro atoms. The summed E-state index contributed by atoms with van der Waals surface area (Å²) in [5.41, 5.74) is 5.06. The zero-order chi connectivity index (χ0) is 23.5. The number of hydrogen-bond donors (Lipinski definition) is 0. The molecule has 0 radical (unpaired) electrons. The fraction of sp³-hybridized carbons (Fsp3) is 0.448. The van der Waals surface area contributed by atoms with Gasteiger partial charge < -0.3 is 4.74 Å². The molecule has 34 heavy (non-hydrogen) atoms. The van der Waals surface area contributed by atoms with Crippen molar-refractivity contribution in [1.82, 2.24) is 9.55 Å². The van der Waals surface area contributed by atoms with Crippen LogP contribution in [0.4, 0.5) is 0 Å². The standard InChI is InChI=1S/C29H34N2O2S/c1-3-4-12-19-34-28-30-26-22-14-7-6-13-21(22)20-29(17-10-5-11-18-29)25(26)27(32)31(28)23-15-8-9-16-24(23)33-2/h6-9,13-16H,3-5,10-12,17-20H2,1-2H3. The summed E-state index contributed by atoms with van der Waals surface area (Å²) in [6.07, 6.45) is 10.1. The summed E-state index contributed by atoms with van der Waals surface area (Å²) in [6.45, 7) is 2.22. The minimum absolute atomic E-state index is 0.0869. The molecule has 1 saturated carbocycles. The maximum atomic E-state index is 14.5. The van der Waals surface area contributed by atoms with Crippen molar-refractivity contribution in [2.45, 2.75) is 75.3 Å². The lowest BCUT2D eigenvalue weighted by Gasteiger charge is -2.42. The zero-order valence-corrected chi connectivity index (χ0v) is 21.1. The van der Waals surface area contributed by atoms with Crippen molar-refractivity contribution in [2.75, 3.05) is 12.9 Å². The number of ether oxygens (including phenoxy) is 1. The van der Waals surface area contributed by atoms with E-state index in [0.29, 0.717) is 5.75 Å². The Morgan fingerprint density at radius 2 is 1.79 bits per heavy atom. The van der Waals surface area contributed by atoms with E-state index in [1.54, 1.807) is 18.9 Å². The first-order chi connectivity index (χ1) is 16.7. The maximum Gasteiger partial charge on any atom is 0.263 e. The molecule has 0 bridgehead atoms. The minimum Gasteiger partial charge on any atom is -0.495 e. The molecule has 3 aromatic rings. The molecule has 5 rings (SSSR count). The molecule has 1 aromatic heterocycles. The van der Waals surface area contributed by atoms with Gasteiger partial charge in [0.15, 0.2) is 5.16 Å². The van der Waals surface area contributed by atoms with Gasteiger partial charge in [-0.2, -0.15) is 0 Å². The Morgan fingerprint density at radius 1 is 1.03 bits per heavy atom. The second-order valence-electron chi connectivity index (χ2n) is 9.66. The Kier molecular flexibility index (Phi) is 6.82. The Bertz CT molecular complexity index is 1230. The molecule has 0 amide bonds. The van der Waals surface area contributed by atoms with E-state index in [1.165, 1.54) is 37.7 Å². The van der Waals surface area contributed by atoms with Crippen molar-refractivity contribution in [3.05, 3.63) is 70.0 Å². The average Bonchev–Trinajstić information content (AvgIpc) is 2.87. The highest BCUT2D eigenvalue weighted by molar-refractivity contribution is 7.99. The lowest BCUT2D eigenvalue weighted by Crippen LogP contribution is -2.43. The number of rotatable bonds is 7. The van der Waals surface area contributed by atoms with Gasteiger partial charge in [0.05, 0.1) is 24.1 Å². The first kappa shape index (κ1) is 23.2. The van der Waals surface area contributed by atoms with Crippen LogP contribution in [-0.2, 0) is 11.8 Å². The Morgan fingerprint density at radius 3 is 2.59 bits per heavy atom. The summed E-state index contributed by atoms with van der Waals surface area (Å²) in [7, 11) is 1.67. The topological polar surface area (TPSA) is 44.1 Å². The van der Waals surface area contributed by atoms with Crippen molar-refractivity contribution < 1.29 is 4.74 Å². The van der Waals surface area contributed by atoms with Gasteiger partial charge in [-0.25, -0.2) is 4.98 Å². The molecule has 0 aliphatic heterocycles. The zero-order valence-electron chi connectivity index (χ0n) is 20.3. The van der Waals surface area contributed by atoms with Gasteiger partial charge in [-0.1, -0.05) is 87.2 Å². The van der Waals surface area contributed by atoms with Crippen LogP contribution in [-0.4, -0.2) is 22.4 Å². The normalized spacial score (nSPS) is 16.2. The molecule has 4 nitrogen and oxygen atoms in total. The van der Waals surface area contributed by atoms with Gasteiger partial charge in [-0.3, -0.25) is 9.36 Å². The minimum atomic E-state index is -0.124. The number of para-hydroxylation sites is 2. The van der Waals surface area contributed by atoms with Gasteiger partial charge in [-0.15, -0.1) is 0 Å². The summed E-state index contributed by atoms with van der Waals surface area (Å²) >= 11 is 1.69. The maximum absolute atomic E-state index is 14.5. The van der Waals surface area contributed by atoms with Gasteiger partial charge in [0.2, 0.25) is 0 Å². The first-order valence-electron chi connectivity index (χ1n) is 12.7. The molecule has 0 atom stereocenters. The van der Waals surface area contributed by atoms with E-state index in [9.17, 15) is 4.79 Å². The van der Waals surface area contributed by atoms with Crippen LogP contribution in [0.2, 0.25) is 0 Å². The average molecular weight is 475 g/mol. The van der Waals surface area contributed by atoms with Crippen LogP contribution >= 0.6 is 11.8 Å². The number of benzene rings is 2. The fourth-order valence-electron chi connectivity index (χ4n) is 5.83. The van der Waals surface area contributed by atoms with Gasteiger partial charge in [0.1, 0.15) is 5.75 Å². The van der Waals surface area contributed by atoms with Gasteiger partial charge >= 0.3 is 0 Å². The van der Waals surface area contributed by atoms with Crippen molar-refractivity contribution >= 4 is 11.8 Å². The molecule has 0 saturated heterocycles. The highest BCUT2D eigenvalue weighted by Crippen LogP contribution is 2.49. The number of unbranched alkanes of at least 4 members (excludes halogenated alkanes) is 2. The van der Waals surface area contributed by atoms with E-state index in [4.69, 9.17) is 9.72 Å². The molecular weight excluding hydrogens is 440 g/mol. The SMILES string of the molecule is CCCCCSc1nc2c(c(=O)n1-c1ccccc1OC)C1(CCCCC1)Cc1ccccc1-2. The number of thioether (sulfide) groups is 1. The van der Waals surface area contributed by atoms with E-state index in [-0.39, 0.29) is 11.0 Å². The Hall–Kier alpha value is -2.53. The molecular formula is C29H34N2O2S. The fourth-order valence-corrected chi connectivity index (χ4v) is 6.82. The molecule has 0 unspecified atom stereocenters. The van der Waals surface area contributed by atoms with E-state index < -0.39 is 0 Å². The van der Waals surface area contributed by atoms with Crippen LogP contribution in [0.25, 0.3) is 16.9 Å². The van der Waals surface area contributed by atoms with E-state index >= 15 is 0 Å². The predicted octanol–water partition coefficient (Wildman–Crippen LogP) is 6.95. The number of nitrogens with zero attached hydrogens (tertiary/aromatic N) is 2. The van der Waals surface area contributed by atoms with Crippen LogP contribution in [0.3, 0.4) is 0 Å². The van der Waals surface area contributed by atoms with E-state index in [1.807, 2.05) is 28.8 Å². The molecule has 2 aliphatic carbocycles. The lowest BCUT2D eigenvalue weighted by molar-refractivity contribution is 0.283. The summed E-state index contributed by atoms with van der Waals surface area (Å²) in [5.74, 6) is 1.65. The van der Waals surface area contributed by atoms with Gasteiger partial charge in [-0.05, 0) is 43.4 Å². The smallest absolute Gasteiger partial charge is 0.263 e. The first-order valence-corrected chi connectivity index (χ1v) is 13.7. The van der Waals surface area contributed by atoms with Gasteiger partial charge in [0, 0.05) is 16.7 Å². The van der Waals surface area contributed by atoms with Crippen LogP contribution in [0, 0.1) is 0 Å². The van der Waals surface area contributed by atoms with Gasteiger partial charge in [0.25, 0.3) is 5.56 Å². The number of hydrogen-bond acceptors (Lipinski definition) is 4. The highest BCUT2D eigenvalue weighted by Gasteiger charge is 2.43. The number of fused-ring (bicyclic) bond motifs is 4. The third-order valence-corrected chi connectivity index (χ3v) is 8.52. The van der Waals surface area contributed by atoms with E-state index in [0.717, 1.165) is 59.1 Å². The Labute approximate surface area is 206 Å². The van der Waals surface area contributed by atoms with Crippen molar-refractivity contribution in [3.63, 3.8) is 0 Å². The van der Waals surface area contributed by atoms with Crippen molar-refractivity contribution in [2.24, 2.45) is 0 Å². The number of methoxy groups -OCH3 is 1. The molecule has 178 valence electrons. The second kappa shape index (κ2) is 9.99. The summed E-state index contributed by atoms with van der Waals surface area (Å²) < 4.78 is 7.54. The summed E-state index contributed by atoms with van der Waals surface area (Å²) in [6, 6.07) is 16.4. The third kappa shape index (κ3) is 4.08. The second-order valence-corrected chi connectivity index (χ2v) is 10.7. The van der Waals surface area contributed by atoms with Crippen molar-refractivity contribution in [1.29, 1.82) is 0 Å². The molecule has 1 fully saturated rings. The Balaban J connectivity index is 1.77. The molecule has 1 heterocycles. The lowest BCUT2D eigenvalue weighted by atomic mass is 9.62. The van der Waals surface area contributed by atoms with Crippen molar-refractivity contribution in [3.8, 4) is 22.7 Å². The molecule has 0 N–H and O–H groups in total. The quantitative estimate of drug-likeness (QED) is 0.211. The van der Waals surface area contributed by atoms with Crippen LogP contribution in [0.1, 0.15) is 69.4 Å². The third-order valence-electron chi connectivity index (χ3n) is 7.50. The highest BCUT2D eigenvalue weighted by atomic mass is 32.2. The summed E-state index contributed by atoms with van der Waals surface area (Å²) in [5, 5.41) is 0.770. The monoisotopic (exact) mass is 474 g/mol. The molecule has 2 aromatic carbocycles. The van der Waals surface area contributed by atoms with Crippen LogP contribution in [0.5, 0.6) is 5.75 Å². The van der Waals surface area contributed by atoms with Crippen LogP contribution in [0.15, 0.2) is 58.5 Å². The predicted molar refractivity (Wildman–Crippen MR) is 141 cm³/mol. The number of aromatic nitrogens is 2. The van der Waals surface area contributed by atoms with Crippen LogP contribution < -0.4 is 10.3 Å². The summed E-state index contributed by atoms with van der Waals surface area (Å²) in [4.78, 5) is 19.8. The molecule has 5 heteroatoms. The largest absolute Gasteiger partial charge is 0.495 e.